The highest BCUT2D eigenvalue weighted by Gasteiger charge is 2.15. The molecule has 2 heterocycles. The molecule has 1 N–H and O–H groups in total. The molecule has 3 aromatic rings. The molecule has 0 unspecified atom stereocenters. The molecule has 0 saturated heterocycles. The number of anilines is 1. The topological polar surface area (TPSA) is 72.7 Å². The van der Waals surface area contributed by atoms with E-state index in [-0.39, 0.29) is 5.91 Å². The van der Waals surface area contributed by atoms with Crippen molar-refractivity contribution >= 4 is 34.5 Å². The second kappa shape index (κ2) is 5.63. The van der Waals surface area contributed by atoms with Crippen LogP contribution in [0, 0.1) is 6.92 Å². The number of aryl methyl sites for hydroxylation is 1. The highest BCUT2D eigenvalue weighted by atomic mass is 35.5. The first-order chi connectivity index (χ1) is 10.1. The molecule has 106 valence electrons. The minimum Gasteiger partial charge on any atom is -0.319 e. The van der Waals surface area contributed by atoms with E-state index in [9.17, 15) is 4.79 Å². The smallest absolute Gasteiger partial charge is 0.267 e. The van der Waals surface area contributed by atoms with Crippen LogP contribution >= 0.6 is 22.9 Å². The van der Waals surface area contributed by atoms with Gasteiger partial charge in [0, 0.05) is 5.02 Å². The number of rotatable bonds is 3. The predicted octanol–water partition coefficient (Wildman–Crippen LogP) is 2.94. The molecule has 2 aromatic heterocycles. The summed E-state index contributed by atoms with van der Waals surface area (Å²) in [6, 6.07) is 5.17. The molecule has 8 heteroatoms. The van der Waals surface area contributed by atoms with Gasteiger partial charge in [-0.2, -0.15) is 5.10 Å². The summed E-state index contributed by atoms with van der Waals surface area (Å²) >= 11 is 7.31. The van der Waals surface area contributed by atoms with Crippen LogP contribution in [-0.2, 0) is 0 Å². The molecule has 0 aliphatic heterocycles. The Balaban J connectivity index is 1.97. The van der Waals surface area contributed by atoms with Crippen molar-refractivity contribution in [3.63, 3.8) is 0 Å². The maximum atomic E-state index is 12.3. The van der Waals surface area contributed by atoms with Crippen LogP contribution in [0.1, 0.15) is 15.4 Å². The van der Waals surface area contributed by atoms with Gasteiger partial charge in [-0.3, -0.25) is 4.79 Å². The van der Waals surface area contributed by atoms with Crippen molar-refractivity contribution < 1.29 is 4.79 Å². The summed E-state index contributed by atoms with van der Waals surface area (Å²) in [5, 5.41) is 7.43. The van der Waals surface area contributed by atoms with Crippen molar-refractivity contribution in [3.05, 3.63) is 52.0 Å². The molecular weight excluding hydrogens is 310 g/mol. The van der Waals surface area contributed by atoms with Crippen molar-refractivity contribution in [1.29, 1.82) is 0 Å². The Kier molecular flexibility index (Phi) is 3.68. The van der Waals surface area contributed by atoms with Crippen LogP contribution in [0.5, 0.6) is 0 Å². The van der Waals surface area contributed by atoms with Gasteiger partial charge in [-0.15, -0.1) is 11.3 Å². The third kappa shape index (κ3) is 2.79. The van der Waals surface area contributed by atoms with E-state index < -0.39 is 0 Å². The minimum atomic E-state index is -0.223. The van der Waals surface area contributed by atoms with Gasteiger partial charge in [0.25, 0.3) is 5.91 Å². The lowest BCUT2D eigenvalue weighted by molar-refractivity contribution is 0.103. The first kappa shape index (κ1) is 13.7. The molecule has 0 bridgehead atoms. The molecule has 1 aromatic carbocycles. The van der Waals surface area contributed by atoms with Gasteiger partial charge >= 0.3 is 0 Å². The Bertz CT molecular complexity index is 784. The fraction of sp³-hybridized carbons (Fsp3) is 0.0769. The van der Waals surface area contributed by atoms with E-state index in [2.05, 4.69) is 20.4 Å². The van der Waals surface area contributed by atoms with Gasteiger partial charge in [-0.25, -0.2) is 14.6 Å². The fourth-order valence-corrected chi connectivity index (χ4v) is 2.71. The molecule has 0 saturated carbocycles. The highest BCUT2D eigenvalue weighted by Crippen LogP contribution is 2.25. The summed E-state index contributed by atoms with van der Waals surface area (Å²) < 4.78 is 1.56. The van der Waals surface area contributed by atoms with E-state index in [1.807, 2.05) is 0 Å². The molecular formula is C13H10ClN5OS. The highest BCUT2D eigenvalue weighted by molar-refractivity contribution is 7.12. The molecule has 3 rings (SSSR count). The van der Waals surface area contributed by atoms with Crippen LogP contribution in [0.3, 0.4) is 0 Å². The second-order valence-electron chi connectivity index (χ2n) is 4.22. The van der Waals surface area contributed by atoms with E-state index in [1.54, 1.807) is 41.6 Å². The predicted molar refractivity (Wildman–Crippen MR) is 81.2 cm³/mol. The lowest BCUT2D eigenvalue weighted by Crippen LogP contribution is -2.14. The van der Waals surface area contributed by atoms with Crippen LogP contribution in [0.2, 0.25) is 5.02 Å². The van der Waals surface area contributed by atoms with Gasteiger partial charge in [0.1, 0.15) is 17.5 Å². The van der Waals surface area contributed by atoms with E-state index in [0.717, 1.165) is 0 Å². The number of halogens is 1. The lowest BCUT2D eigenvalue weighted by atomic mass is 10.2. The molecule has 0 spiro atoms. The van der Waals surface area contributed by atoms with Crippen molar-refractivity contribution in [3.8, 4) is 5.69 Å². The molecule has 0 aliphatic carbocycles. The van der Waals surface area contributed by atoms with Crippen LogP contribution in [0.15, 0.2) is 36.4 Å². The number of aromatic nitrogens is 4. The number of nitrogens with one attached hydrogen (secondary N) is 1. The zero-order chi connectivity index (χ0) is 14.8. The summed E-state index contributed by atoms with van der Waals surface area (Å²) in [5.74, 6) is -0.223. The van der Waals surface area contributed by atoms with Crippen molar-refractivity contribution in [2.45, 2.75) is 6.92 Å². The molecule has 0 atom stereocenters. The number of carbonyl (C=O) groups is 1. The Hall–Kier alpha value is -2.25. The van der Waals surface area contributed by atoms with Gasteiger partial charge in [-0.05, 0) is 25.1 Å². The molecule has 0 fully saturated rings. The van der Waals surface area contributed by atoms with Crippen LogP contribution in [-0.4, -0.2) is 25.7 Å². The number of nitrogens with zero attached hydrogens (tertiary/aromatic N) is 4. The first-order valence-electron chi connectivity index (χ1n) is 6.01. The van der Waals surface area contributed by atoms with E-state index in [0.29, 0.717) is 27.0 Å². The van der Waals surface area contributed by atoms with Gasteiger partial charge in [-0.1, -0.05) is 11.6 Å². The number of benzene rings is 1. The number of amides is 1. The third-order valence-electron chi connectivity index (χ3n) is 2.82. The largest absolute Gasteiger partial charge is 0.319 e. The molecule has 0 aliphatic rings. The average molecular weight is 320 g/mol. The summed E-state index contributed by atoms with van der Waals surface area (Å²) in [6.07, 6.45) is 2.98. The summed E-state index contributed by atoms with van der Waals surface area (Å²) in [6.45, 7) is 1.79. The van der Waals surface area contributed by atoms with E-state index in [1.165, 1.54) is 17.7 Å². The third-order valence-corrected chi connectivity index (χ3v) is 3.99. The van der Waals surface area contributed by atoms with Gasteiger partial charge < -0.3 is 5.32 Å². The molecule has 6 nitrogen and oxygen atoms in total. The molecule has 0 radical (unpaired) electrons. The van der Waals surface area contributed by atoms with Crippen molar-refractivity contribution in [2.75, 3.05) is 5.32 Å². The second-order valence-corrected chi connectivity index (χ2v) is 5.51. The minimum absolute atomic E-state index is 0.223. The van der Waals surface area contributed by atoms with Crippen LogP contribution in [0.25, 0.3) is 5.69 Å². The summed E-state index contributed by atoms with van der Waals surface area (Å²) in [5.41, 5.74) is 3.58. The Morgan fingerprint density at radius 1 is 1.43 bits per heavy atom. The maximum Gasteiger partial charge on any atom is 0.267 e. The maximum absolute atomic E-state index is 12.3. The van der Waals surface area contributed by atoms with Crippen LogP contribution < -0.4 is 5.32 Å². The molecule has 21 heavy (non-hydrogen) atoms. The number of hydrogen-bond donors (Lipinski definition) is 1. The Morgan fingerprint density at radius 3 is 2.95 bits per heavy atom. The number of hydrogen-bond acceptors (Lipinski definition) is 5. The number of thiazole rings is 1. The zero-order valence-electron chi connectivity index (χ0n) is 10.9. The summed E-state index contributed by atoms with van der Waals surface area (Å²) in [4.78, 5) is 20.8. The van der Waals surface area contributed by atoms with E-state index in [4.69, 9.17) is 11.6 Å². The Morgan fingerprint density at radius 2 is 2.29 bits per heavy atom. The quantitative estimate of drug-likeness (QED) is 0.805. The van der Waals surface area contributed by atoms with Gasteiger partial charge in [0.2, 0.25) is 0 Å². The van der Waals surface area contributed by atoms with Gasteiger partial charge in [0.15, 0.2) is 0 Å². The normalized spacial score (nSPS) is 10.6. The fourth-order valence-electron chi connectivity index (χ4n) is 1.84. The van der Waals surface area contributed by atoms with Crippen molar-refractivity contribution in [2.24, 2.45) is 0 Å². The monoisotopic (exact) mass is 319 g/mol. The van der Waals surface area contributed by atoms with Crippen LogP contribution in [0.4, 0.5) is 5.69 Å². The zero-order valence-corrected chi connectivity index (χ0v) is 12.5. The first-order valence-corrected chi connectivity index (χ1v) is 7.27. The molecule has 1 amide bonds. The van der Waals surface area contributed by atoms with Gasteiger partial charge in [0.05, 0.1) is 22.6 Å². The standard InChI is InChI=1S/C13H10ClN5OS/c1-8-12(21-7-16-8)13(20)18-10-4-9(14)2-3-11(10)19-6-15-5-17-19/h2-7H,1H3,(H,18,20). The number of carbonyl (C=O) groups excluding carboxylic acids is 1. The SMILES string of the molecule is Cc1ncsc1C(=O)Nc1cc(Cl)ccc1-n1cncn1. The summed E-state index contributed by atoms with van der Waals surface area (Å²) in [7, 11) is 0. The Labute approximate surface area is 129 Å². The average Bonchev–Trinajstić information content (AvgIpc) is 3.10. The lowest BCUT2D eigenvalue weighted by Gasteiger charge is -2.10. The van der Waals surface area contributed by atoms with Crippen molar-refractivity contribution in [1.82, 2.24) is 19.7 Å². The van der Waals surface area contributed by atoms with E-state index >= 15 is 0 Å².